The normalized spacial score (nSPS) is 14.1. The molecule has 3 aromatic rings. The van der Waals surface area contributed by atoms with Crippen molar-refractivity contribution in [3.05, 3.63) is 95.3 Å². The van der Waals surface area contributed by atoms with Crippen LogP contribution in [0.25, 0.3) is 6.08 Å². The molecule has 2 N–H and O–H groups in total. The number of nitrogens with one attached hydrogen (secondary N) is 2. The Morgan fingerprint density at radius 1 is 1.00 bits per heavy atom. The summed E-state index contributed by atoms with van der Waals surface area (Å²) in [4.78, 5) is 31.6. The minimum absolute atomic E-state index is 0.179. The maximum Gasteiger partial charge on any atom is 0.255 e. The Bertz CT molecular complexity index is 1150. The van der Waals surface area contributed by atoms with Gasteiger partial charge in [0.1, 0.15) is 0 Å². The SMILES string of the molecule is Cc1ccc(NC(=O)c2ccc(CN3CCCCC3)cc2)cc1NC(=O)/C=C/c1cccnc1. The van der Waals surface area contributed by atoms with Gasteiger partial charge in [0.05, 0.1) is 0 Å². The zero-order chi connectivity index (χ0) is 23.8. The molecule has 174 valence electrons. The van der Waals surface area contributed by atoms with E-state index in [0.29, 0.717) is 16.9 Å². The van der Waals surface area contributed by atoms with Gasteiger partial charge in [0.2, 0.25) is 5.91 Å². The van der Waals surface area contributed by atoms with Gasteiger partial charge in [0.15, 0.2) is 0 Å². The fraction of sp³-hybridized carbons (Fsp3) is 0.250. The Morgan fingerprint density at radius 2 is 1.79 bits per heavy atom. The van der Waals surface area contributed by atoms with Gasteiger partial charge < -0.3 is 10.6 Å². The Kier molecular flexibility index (Phi) is 7.83. The van der Waals surface area contributed by atoms with E-state index >= 15 is 0 Å². The largest absolute Gasteiger partial charge is 0.322 e. The second kappa shape index (κ2) is 11.4. The lowest BCUT2D eigenvalue weighted by atomic mass is 10.1. The molecule has 4 rings (SSSR count). The Hall–Kier alpha value is -3.77. The number of aromatic nitrogens is 1. The molecule has 0 radical (unpaired) electrons. The topological polar surface area (TPSA) is 74.3 Å². The average Bonchev–Trinajstić information content (AvgIpc) is 2.86. The summed E-state index contributed by atoms with van der Waals surface area (Å²) >= 11 is 0. The van der Waals surface area contributed by atoms with E-state index in [9.17, 15) is 9.59 Å². The molecule has 6 heteroatoms. The van der Waals surface area contributed by atoms with Crippen molar-refractivity contribution in [3.63, 3.8) is 0 Å². The molecular weight excluding hydrogens is 424 g/mol. The van der Waals surface area contributed by atoms with Crippen molar-refractivity contribution in [2.45, 2.75) is 32.7 Å². The molecule has 0 spiro atoms. The van der Waals surface area contributed by atoms with Gasteiger partial charge in [-0.25, -0.2) is 0 Å². The first-order valence-corrected chi connectivity index (χ1v) is 11.7. The number of aryl methyl sites for hydroxylation is 1. The molecular formula is C28H30N4O2. The van der Waals surface area contributed by atoms with Crippen molar-refractivity contribution in [2.24, 2.45) is 0 Å². The predicted octanol–water partition coefficient (Wildman–Crippen LogP) is 5.28. The highest BCUT2D eigenvalue weighted by Crippen LogP contribution is 2.21. The molecule has 0 bridgehead atoms. The zero-order valence-electron chi connectivity index (χ0n) is 19.5. The van der Waals surface area contributed by atoms with Crippen LogP contribution in [-0.2, 0) is 11.3 Å². The van der Waals surface area contributed by atoms with Gasteiger partial charge in [0, 0.05) is 42.0 Å². The number of anilines is 2. The van der Waals surface area contributed by atoms with Crippen molar-refractivity contribution in [2.75, 3.05) is 23.7 Å². The number of rotatable bonds is 7. The summed E-state index contributed by atoms with van der Waals surface area (Å²) in [6, 6.07) is 17.0. The molecule has 0 atom stereocenters. The highest BCUT2D eigenvalue weighted by atomic mass is 16.2. The monoisotopic (exact) mass is 454 g/mol. The molecule has 2 amide bonds. The third-order valence-electron chi connectivity index (χ3n) is 5.94. The summed E-state index contributed by atoms with van der Waals surface area (Å²) in [6.07, 6.45) is 10.4. The summed E-state index contributed by atoms with van der Waals surface area (Å²) in [5.41, 5.74) is 4.85. The number of piperidine rings is 1. The molecule has 1 aliphatic heterocycles. The van der Waals surface area contributed by atoms with Gasteiger partial charge in [-0.05, 0) is 86.0 Å². The van der Waals surface area contributed by atoms with Crippen LogP contribution in [0, 0.1) is 6.92 Å². The van der Waals surface area contributed by atoms with Crippen LogP contribution in [0.3, 0.4) is 0 Å². The van der Waals surface area contributed by atoms with E-state index < -0.39 is 0 Å². The Balaban J connectivity index is 1.36. The van der Waals surface area contributed by atoms with E-state index in [1.165, 1.54) is 30.9 Å². The Morgan fingerprint density at radius 3 is 2.53 bits per heavy atom. The molecule has 2 heterocycles. The Labute approximate surface area is 200 Å². The lowest BCUT2D eigenvalue weighted by Crippen LogP contribution is -2.29. The molecule has 0 unspecified atom stereocenters. The van der Waals surface area contributed by atoms with Crippen molar-refractivity contribution in [1.29, 1.82) is 0 Å². The summed E-state index contributed by atoms with van der Waals surface area (Å²) in [6.45, 7) is 5.13. The van der Waals surface area contributed by atoms with E-state index in [0.717, 1.165) is 30.8 Å². The lowest BCUT2D eigenvalue weighted by Gasteiger charge is -2.26. The van der Waals surface area contributed by atoms with Gasteiger partial charge >= 0.3 is 0 Å². The molecule has 1 fully saturated rings. The highest BCUT2D eigenvalue weighted by Gasteiger charge is 2.12. The number of benzene rings is 2. The van der Waals surface area contributed by atoms with Gasteiger partial charge in [-0.1, -0.05) is 30.7 Å². The van der Waals surface area contributed by atoms with Crippen LogP contribution < -0.4 is 10.6 Å². The van der Waals surface area contributed by atoms with Crippen LogP contribution in [0.5, 0.6) is 0 Å². The van der Waals surface area contributed by atoms with Crippen molar-refractivity contribution in [3.8, 4) is 0 Å². The molecule has 0 aliphatic carbocycles. The molecule has 1 aromatic heterocycles. The number of carbonyl (C=O) groups excluding carboxylic acids is 2. The number of amides is 2. The summed E-state index contributed by atoms with van der Waals surface area (Å²) in [5.74, 6) is -0.429. The van der Waals surface area contributed by atoms with E-state index in [2.05, 4.69) is 20.5 Å². The van der Waals surface area contributed by atoms with Crippen LogP contribution in [0.15, 0.2) is 73.1 Å². The van der Waals surface area contributed by atoms with Crippen LogP contribution in [0.1, 0.15) is 46.3 Å². The van der Waals surface area contributed by atoms with Crippen LogP contribution in [0.4, 0.5) is 11.4 Å². The lowest BCUT2D eigenvalue weighted by molar-refractivity contribution is -0.111. The zero-order valence-corrected chi connectivity index (χ0v) is 19.5. The summed E-state index contributed by atoms with van der Waals surface area (Å²) in [5, 5.41) is 5.81. The minimum atomic E-state index is -0.250. The summed E-state index contributed by atoms with van der Waals surface area (Å²) < 4.78 is 0. The van der Waals surface area contributed by atoms with Crippen molar-refractivity contribution >= 4 is 29.3 Å². The molecule has 2 aromatic carbocycles. The molecule has 34 heavy (non-hydrogen) atoms. The molecule has 1 saturated heterocycles. The molecule has 0 saturated carbocycles. The van der Waals surface area contributed by atoms with Gasteiger partial charge in [-0.15, -0.1) is 0 Å². The fourth-order valence-electron chi connectivity index (χ4n) is 4.00. The second-order valence-corrected chi connectivity index (χ2v) is 8.63. The standard InChI is InChI=1S/C28H30N4O2/c1-21-7-13-25(18-26(21)31-27(33)14-10-22-6-5-15-29-19-22)30-28(34)24-11-8-23(9-12-24)20-32-16-3-2-4-17-32/h5-15,18-19H,2-4,16-17,20H2,1H3,(H,30,34)(H,31,33)/b14-10+. The van der Waals surface area contributed by atoms with E-state index in [1.807, 2.05) is 55.5 Å². The number of hydrogen-bond acceptors (Lipinski definition) is 4. The van der Waals surface area contributed by atoms with Crippen LogP contribution in [-0.4, -0.2) is 34.8 Å². The van der Waals surface area contributed by atoms with Gasteiger partial charge in [-0.2, -0.15) is 0 Å². The third kappa shape index (κ3) is 6.62. The molecule has 1 aliphatic rings. The minimum Gasteiger partial charge on any atom is -0.322 e. The van der Waals surface area contributed by atoms with Crippen LogP contribution in [0.2, 0.25) is 0 Å². The van der Waals surface area contributed by atoms with Crippen molar-refractivity contribution < 1.29 is 9.59 Å². The number of likely N-dealkylation sites (tertiary alicyclic amines) is 1. The number of carbonyl (C=O) groups is 2. The first kappa shape index (κ1) is 23.4. The number of nitrogens with zero attached hydrogens (tertiary/aromatic N) is 2. The first-order valence-electron chi connectivity index (χ1n) is 11.7. The number of hydrogen-bond donors (Lipinski definition) is 2. The summed E-state index contributed by atoms with van der Waals surface area (Å²) in [7, 11) is 0. The second-order valence-electron chi connectivity index (χ2n) is 8.63. The van der Waals surface area contributed by atoms with E-state index in [-0.39, 0.29) is 11.8 Å². The maximum absolute atomic E-state index is 12.8. The molecule has 6 nitrogen and oxygen atoms in total. The highest BCUT2D eigenvalue weighted by molar-refractivity contribution is 6.05. The maximum atomic E-state index is 12.8. The quantitative estimate of drug-likeness (QED) is 0.476. The predicted molar refractivity (Wildman–Crippen MR) is 137 cm³/mol. The fourth-order valence-corrected chi connectivity index (χ4v) is 4.00. The van der Waals surface area contributed by atoms with Gasteiger partial charge in [-0.3, -0.25) is 19.5 Å². The average molecular weight is 455 g/mol. The smallest absolute Gasteiger partial charge is 0.255 e. The van der Waals surface area contributed by atoms with Gasteiger partial charge in [0.25, 0.3) is 5.91 Å². The van der Waals surface area contributed by atoms with E-state index in [4.69, 9.17) is 0 Å². The van der Waals surface area contributed by atoms with Crippen molar-refractivity contribution in [1.82, 2.24) is 9.88 Å². The number of pyridine rings is 1. The van der Waals surface area contributed by atoms with Crippen LogP contribution >= 0.6 is 0 Å². The third-order valence-corrected chi connectivity index (χ3v) is 5.94. The van der Waals surface area contributed by atoms with E-state index in [1.54, 1.807) is 24.5 Å². The first-order chi connectivity index (χ1) is 16.6.